The second-order valence-corrected chi connectivity index (χ2v) is 3.42. The van der Waals surface area contributed by atoms with Gasteiger partial charge in [0.15, 0.2) is 0 Å². The number of carbonyl (C=O) groups is 1. The van der Waals surface area contributed by atoms with Gasteiger partial charge in [-0.05, 0) is 13.8 Å². The summed E-state index contributed by atoms with van der Waals surface area (Å²) in [6.07, 6.45) is 0.307. The molecule has 2 atom stereocenters. The van der Waals surface area contributed by atoms with Crippen LogP contribution in [-0.4, -0.2) is 24.8 Å². The molecule has 3 nitrogen and oxygen atoms in total. The summed E-state index contributed by atoms with van der Waals surface area (Å²) in [5.41, 5.74) is -0.414. The van der Waals surface area contributed by atoms with Crippen molar-refractivity contribution < 1.29 is 14.3 Å². The number of ether oxygens (including phenoxy) is 2. The van der Waals surface area contributed by atoms with E-state index in [9.17, 15) is 4.79 Å². The van der Waals surface area contributed by atoms with Crippen molar-refractivity contribution in [3.63, 3.8) is 0 Å². The Morgan fingerprint density at radius 3 is 2.90 bits per heavy atom. The number of cyclic esters (lactones) is 1. The maximum absolute atomic E-state index is 11.1. The van der Waals surface area contributed by atoms with E-state index in [2.05, 4.69) is 0 Å². The summed E-state index contributed by atoms with van der Waals surface area (Å²) in [5, 5.41) is 0. The topological polar surface area (TPSA) is 38.8 Å². The highest BCUT2D eigenvalue weighted by molar-refractivity contribution is 5.78. The molecule has 2 aliphatic heterocycles. The largest absolute Gasteiger partial charge is 0.462 e. The van der Waals surface area contributed by atoms with Crippen LogP contribution >= 0.6 is 0 Å². The molecule has 0 aromatic heterocycles. The molecule has 56 valence electrons. The molecule has 0 saturated carbocycles. The predicted molar refractivity (Wildman–Crippen MR) is 33.4 cm³/mol. The minimum Gasteiger partial charge on any atom is -0.462 e. The molecule has 0 bridgehead atoms. The van der Waals surface area contributed by atoms with Gasteiger partial charge in [0.2, 0.25) is 0 Å². The zero-order chi connectivity index (χ0) is 7.35. The molecule has 2 rings (SSSR count). The highest BCUT2D eigenvalue weighted by Gasteiger charge is 2.58. The van der Waals surface area contributed by atoms with Crippen LogP contribution in [0.15, 0.2) is 0 Å². The number of hydrogen-bond donors (Lipinski definition) is 0. The van der Waals surface area contributed by atoms with Gasteiger partial charge in [-0.1, -0.05) is 0 Å². The van der Waals surface area contributed by atoms with Gasteiger partial charge >= 0.3 is 5.97 Å². The molecule has 0 amide bonds. The molecule has 0 radical (unpaired) electrons. The fourth-order valence-corrected chi connectivity index (χ4v) is 1.36. The normalized spacial score (nSPS) is 42.0. The summed E-state index contributed by atoms with van der Waals surface area (Å²) < 4.78 is 10.1. The van der Waals surface area contributed by atoms with Gasteiger partial charge in [-0.3, -0.25) is 4.79 Å². The first kappa shape index (κ1) is 6.16. The van der Waals surface area contributed by atoms with Crippen LogP contribution in [0.25, 0.3) is 0 Å². The number of hydrogen-bond acceptors (Lipinski definition) is 3. The van der Waals surface area contributed by atoms with Gasteiger partial charge in [0.25, 0.3) is 0 Å². The lowest BCUT2D eigenvalue weighted by Crippen LogP contribution is -2.38. The molecule has 2 unspecified atom stereocenters. The molecule has 2 heterocycles. The third kappa shape index (κ3) is 0.611. The van der Waals surface area contributed by atoms with Crippen molar-refractivity contribution in [2.24, 2.45) is 5.41 Å². The summed E-state index contributed by atoms with van der Waals surface area (Å²) in [4.78, 5) is 11.1. The molecule has 0 aliphatic carbocycles. The van der Waals surface area contributed by atoms with Gasteiger partial charge in [0, 0.05) is 0 Å². The van der Waals surface area contributed by atoms with Crippen molar-refractivity contribution >= 4 is 5.97 Å². The maximum atomic E-state index is 11.1. The average molecular weight is 142 g/mol. The average Bonchev–Trinajstić information content (AvgIpc) is 2.58. The van der Waals surface area contributed by atoms with Gasteiger partial charge in [0.05, 0.1) is 5.41 Å². The minimum atomic E-state index is -0.414. The van der Waals surface area contributed by atoms with Crippen LogP contribution in [0, 0.1) is 5.41 Å². The smallest absolute Gasteiger partial charge is 0.314 e. The predicted octanol–water partition coefficient (Wildman–Crippen LogP) is 0.337. The van der Waals surface area contributed by atoms with E-state index in [4.69, 9.17) is 9.47 Å². The van der Waals surface area contributed by atoms with Gasteiger partial charge in [-0.2, -0.15) is 0 Å². The number of esters is 1. The highest BCUT2D eigenvalue weighted by Crippen LogP contribution is 2.42. The first-order valence-electron chi connectivity index (χ1n) is 3.45. The van der Waals surface area contributed by atoms with Crippen LogP contribution in [0.4, 0.5) is 0 Å². The van der Waals surface area contributed by atoms with Crippen molar-refractivity contribution in [1.82, 2.24) is 0 Å². The second-order valence-electron chi connectivity index (χ2n) is 3.42. The third-order valence-corrected chi connectivity index (χ3v) is 2.20. The zero-order valence-electron chi connectivity index (χ0n) is 6.09. The number of carbonyl (C=O) groups excluding carboxylic acids is 1. The summed E-state index contributed by atoms with van der Waals surface area (Å²) in [6.45, 7) is 4.17. The monoisotopic (exact) mass is 142 g/mol. The first-order valence-corrected chi connectivity index (χ1v) is 3.45. The van der Waals surface area contributed by atoms with Crippen LogP contribution < -0.4 is 0 Å². The fraction of sp³-hybridized carbons (Fsp3) is 0.857. The standard InChI is InChI=1S/C7H10O3/c1-7(2)5-4(10-5)3-9-6(7)8/h4-5H,3H2,1-2H3. The Labute approximate surface area is 59.3 Å². The minimum absolute atomic E-state index is 0.119. The molecule has 3 heteroatoms. The SMILES string of the molecule is CC1(C)C(=O)OCC2OC21. The fourth-order valence-electron chi connectivity index (χ4n) is 1.36. The lowest BCUT2D eigenvalue weighted by atomic mass is 9.86. The van der Waals surface area contributed by atoms with E-state index in [1.807, 2.05) is 13.8 Å². The van der Waals surface area contributed by atoms with E-state index in [0.29, 0.717) is 6.61 Å². The van der Waals surface area contributed by atoms with Crippen molar-refractivity contribution in [1.29, 1.82) is 0 Å². The van der Waals surface area contributed by atoms with Crippen LogP contribution in [0.2, 0.25) is 0 Å². The van der Waals surface area contributed by atoms with Crippen LogP contribution in [-0.2, 0) is 14.3 Å². The lowest BCUT2D eigenvalue weighted by Gasteiger charge is -2.23. The Bertz CT molecular complexity index is 185. The Morgan fingerprint density at radius 2 is 2.30 bits per heavy atom. The quantitative estimate of drug-likeness (QED) is 0.361. The summed E-state index contributed by atoms with van der Waals surface area (Å²) in [6, 6.07) is 0. The second kappa shape index (κ2) is 1.53. The molecular formula is C7H10O3. The molecule has 0 N–H and O–H groups in total. The third-order valence-electron chi connectivity index (χ3n) is 2.20. The molecule has 10 heavy (non-hydrogen) atoms. The summed E-state index contributed by atoms with van der Waals surface area (Å²) >= 11 is 0. The molecule has 2 aliphatic rings. The van der Waals surface area contributed by atoms with Crippen LogP contribution in [0.1, 0.15) is 13.8 Å². The van der Waals surface area contributed by atoms with E-state index in [-0.39, 0.29) is 18.2 Å². The van der Waals surface area contributed by atoms with E-state index < -0.39 is 5.41 Å². The van der Waals surface area contributed by atoms with Crippen LogP contribution in [0.5, 0.6) is 0 Å². The number of epoxide rings is 1. The summed E-state index contributed by atoms with van der Waals surface area (Å²) in [7, 11) is 0. The summed E-state index contributed by atoms with van der Waals surface area (Å²) in [5.74, 6) is -0.133. The Kier molecular flexibility index (Phi) is 0.944. The molecule has 0 aromatic carbocycles. The van der Waals surface area contributed by atoms with E-state index in [1.54, 1.807) is 0 Å². The Hall–Kier alpha value is -0.570. The molecular weight excluding hydrogens is 132 g/mol. The van der Waals surface area contributed by atoms with E-state index in [0.717, 1.165) is 0 Å². The van der Waals surface area contributed by atoms with Crippen molar-refractivity contribution in [3.05, 3.63) is 0 Å². The maximum Gasteiger partial charge on any atom is 0.314 e. The molecule has 0 aromatic rings. The molecule has 0 spiro atoms. The lowest BCUT2D eigenvalue weighted by molar-refractivity contribution is -0.156. The van der Waals surface area contributed by atoms with Crippen molar-refractivity contribution in [2.45, 2.75) is 26.1 Å². The van der Waals surface area contributed by atoms with Crippen LogP contribution in [0.3, 0.4) is 0 Å². The molecule has 2 saturated heterocycles. The van der Waals surface area contributed by atoms with Gasteiger partial charge in [0.1, 0.15) is 18.8 Å². The van der Waals surface area contributed by atoms with Gasteiger partial charge < -0.3 is 9.47 Å². The number of rotatable bonds is 0. The molecule has 2 fully saturated rings. The van der Waals surface area contributed by atoms with Crippen molar-refractivity contribution in [3.8, 4) is 0 Å². The highest BCUT2D eigenvalue weighted by atomic mass is 16.6. The van der Waals surface area contributed by atoms with E-state index in [1.165, 1.54) is 0 Å². The Morgan fingerprint density at radius 1 is 1.60 bits per heavy atom. The zero-order valence-corrected chi connectivity index (χ0v) is 6.09. The van der Waals surface area contributed by atoms with Crippen molar-refractivity contribution in [2.75, 3.05) is 6.61 Å². The van der Waals surface area contributed by atoms with Gasteiger partial charge in [-0.15, -0.1) is 0 Å². The van der Waals surface area contributed by atoms with Gasteiger partial charge in [-0.25, -0.2) is 0 Å². The number of fused-ring (bicyclic) bond motifs is 1. The van der Waals surface area contributed by atoms with E-state index >= 15 is 0 Å². The Balaban J connectivity index is 2.22. The first-order chi connectivity index (χ1) is 4.62.